The third kappa shape index (κ3) is 3.29. The summed E-state index contributed by atoms with van der Waals surface area (Å²) in [7, 11) is 0. The van der Waals surface area contributed by atoms with E-state index in [9.17, 15) is 0 Å². The van der Waals surface area contributed by atoms with Gasteiger partial charge in [-0.2, -0.15) is 5.10 Å². The largest absolute Gasteiger partial charge is 0.494 e. The molecular formula is C20H25N3O. The quantitative estimate of drug-likeness (QED) is 0.906. The van der Waals surface area contributed by atoms with Crippen LogP contribution in [0.4, 0.5) is 5.69 Å². The SMILES string of the molecule is CCOc1ccc(C2CC(CN)=NN2c2ccc(C)c(C)c2)cc1. The van der Waals surface area contributed by atoms with Crippen LogP contribution in [-0.4, -0.2) is 18.9 Å². The van der Waals surface area contributed by atoms with Crippen LogP contribution < -0.4 is 15.5 Å². The molecule has 0 saturated heterocycles. The van der Waals surface area contributed by atoms with Gasteiger partial charge in [0.15, 0.2) is 0 Å². The molecule has 0 amide bonds. The molecule has 2 aromatic rings. The van der Waals surface area contributed by atoms with Crippen LogP contribution in [0.25, 0.3) is 0 Å². The monoisotopic (exact) mass is 323 g/mol. The van der Waals surface area contributed by atoms with Gasteiger partial charge in [-0.15, -0.1) is 0 Å². The van der Waals surface area contributed by atoms with Gasteiger partial charge in [0.1, 0.15) is 5.75 Å². The molecule has 24 heavy (non-hydrogen) atoms. The number of anilines is 1. The van der Waals surface area contributed by atoms with Crippen LogP contribution in [0, 0.1) is 13.8 Å². The average molecular weight is 323 g/mol. The molecule has 1 aliphatic heterocycles. The minimum atomic E-state index is 0.182. The Labute approximate surface area is 143 Å². The molecule has 0 fully saturated rings. The summed E-state index contributed by atoms with van der Waals surface area (Å²) in [6, 6.07) is 15.0. The highest BCUT2D eigenvalue weighted by atomic mass is 16.5. The number of ether oxygens (including phenoxy) is 1. The Balaban J connectivity index is 1.92. The van der Waals surface area contributed by atoms with Gasteiger partial charge in [0, 0.05) is 13.0 Å². The summed E-state index contributed by atoms with van der Waals surface area (Å²) in [5.74, 6) is 0.900. The van der Waals surface area contributed by atoms with Crippen molar-refractivity contribution in [1.29, 1.82) is 0 Å². The molecule has 0 radical (unpaired) electrons. The predicted molar refractivity (Wildman–Crippen MR) is 99.9 cm³/mol. The fraction of sp³-hybridized carbons (Fsp3) is 0.350. The van der Waals surface area contributed by atoms with Crippen molar-refractivity contribution in [2.75, 3.05) is 18.2 Å². The average Bonchev–Trinajstić information content (AvgIpc) is 3.03. The molecule has 1 aliphatic rings. The molecule has 2 aromatic carbocycles. The number of nitrogens with zero attached hydrogens (tertiary/aromatic N) is 2. The molecule has 1 heterocycles. The van der Waals surface area contributed by atoms with E-state index in [2.05, 4.69) is 49.2 Å². The van der Waals surface area contributed by atoms with E-state index in [1.54, 1.807) is 0 Å². The van der Waals surface area contributed by atoms with Crippen LogP contribution in [0.1, 0.15) is 36.1 Å². The number of hydrogen-bond donors (Lipinski definition) is 1. The van der Waals surface area contributed by atoms with Gasteiger partial charge in [-0.25, -0.2) is 0 Å². The topological polar surface area (TPSA) is 50.9 Å². The fourth-order valence-corrected chi connectivity index (χ4v) is 3.01. The summed E-state index contributed by atoms with van der Waals surface area (Å²) >= 11 is 0. The molecule has 1 unspecified atom stereocenters. The number of hydrogen-bond acceptors (Lipinski definition) is 4. The first-order valence-electron chi connectivity index (χ1n) is 8.48. The van der Waals surface area contributed by atoms with Crippen molar-refractivity contribution in [2.24, 2.45) is 10.8 Å². The Bertz CT molecular complexity index is 737. The molecule has 0 saturated carbocycles. The van der Waals surface area contributed by atoms with E-state index in [0.717, 1.165) is 23.6 Å². The first-order chi connectivity index (χ1) is 11.6. The van der Waals surface area contributed by atoms with Crippen LogP contribution in [0.15, 0.2) is 47.6 Å². The van der Waals surface area contributed by atoms with Crippen molar-refractivity contribution in [3.8, 4) is 5.75 Å². The van der Waals surface area contributed by atoms with E-state index in [-0.39, 0.29) is 6.04 Å². The zero-order valence-electron chi connectivity index (χ0n) is 14.6. The number of hydrazone groups is 1. The Morgan fingerprint density at radius 2 is 1.88 bits per heavy atom. The molecule has 4 heteroatoms. The lowest BCUT2D eigenvalue weighted by Crippen LogP contribution is -2.18. The van der Waals surface area contributed by atoms with Crippen molar-refractivity contribution in [1.82, 2.24) is 0 Å². The molecule has 0 aliphatic carbocycles. The van der Waals surface area contributed by atoms with E-state index in [0.29, 0.717) is 13.2 Å². The van der Waals surface area contributed by atoms with E-state index in [1.807, 2.05) is 19.1 Å². The van der Waals surface area contributed by atoms with Crippen molar-refractivity contribution in [3.63, 3.8) is 0 Å². The summed E-state index contributed by atoms with van der Waals surface area (Å²) in [5.41, 5.74) is 11.8. The number of rotatable bonds is 5. The van der Waals surface area contributed by atoms with Crippen molar-refractivity contribution >= 4 is 11.4 Å². The van der Waals surface area contributed by atoms with Gasteiger partial charge in [-0.05, 0) is 61.7 Å². The second-order valence-electron chi connectivity index (χ2n) is 6.21. The van der Waals surface area contributed by atoms with Crippen LogP contribution in [0.3, 0.4) is 0 Å². The minimum Gasteiger partial charge on any atom is -0.494 e. The first-order valence-corrected chi connectivity index (χ1v) is 8.48. The second-order valence-corrected chi connectivity index (χ2v) is 6.21. The van der Waals surface area contributed by atoms with Crippen LogP contribution in [0.5, 0.6) is 5.75 Å². The molecule has 3 rings (SSSR count). The van der Waals surface area contributed by atoms with Crippen LogP contribution in [0.2, 0.25) is 0 Å². The highest BCUT2D eigenvalue weighted by molar-refractivity contribution is 5.90. The predicted octanol–water partition coefficient (Wildman–Crippen LogP) is 3.97. The van der Waals surface area contributed by atoms with Crippen LogP contribution >= 0.6 is 0 Å². The normalized spacial score (nSPS) is 17.1. The summed E-state index contributed by atoms with van der Waals surface area (Å²) < 4.78 is 5.54. The molecule has 0 spiro atoms. The Morgan fingerprint density at radius 3 is 2.50 bits per heavy atom. The molecule has 126 valence electrons. The van der Waals surface area contributed by atoms with E-state index in [4.69, 9.17) is 15.6 Å². The smallest absolute Gasteiger partial charge is 0.119 e. The highest BCUT2D eigenvalue weighted by Gasteiger charge is 2.28. The van der Waals surface area contributed by atoms with Crippen molar-refractivity contribution in [3.05, 3.63) is 59.2 Å². The highest BCUT2D eigenvalue weighted by Crippen LogP contribution is 2.36. The number of nitrogens with two attached hydrogens (primary N) is 1. The maximum atomic E-state index is 5.85. The number of aryl methyl sites for hydroxylation is 2. The lowest BCUT2D eigenvalue weighted by atomic mass is 10.0. The van der Waals surface area contributed by atoms with Gasteiger partial charge in [-0.1, -0.05) is 18.2 Å². The van der Waals surface area contributed by atoms with Gasteiger partial charge in [0.2, 0.25) is 0 Å². The van der Waals surface area contributed by atoms with Gasteiger partial charge >= 0.3 is 0 Å². The molecule has 1 atom stereocenters. The summed E-state index contributed by atoms with van der Waals surface area (Å²) in [4.78, 5) is 0. The fourth-order valence-electron chi connectivity index (χ4n) is 3.01. The summed E-state index contributed by atoms with van der Waals surface area (Å²) in [6.45, 7) is 7.43. The van der Waals surface area contributed by atoms with Gasteiger partial charge in [0.25, 0.3) is 0 Å². The van der Waals surface area contributed by atoms with E-state index in [1.165, 1.54) is 16.7 Å². The zero-order valence-corrected chi connectivity index (χ0v) is 14.6. The maximum Gasteiger partial charge on any atom is 0.119 e. The molecular weight excluding hydrogens is 298 g/mol. The van der Waals surface area contributed by atoms with E-state index >= 15 is 0 Å². The molecule has 2 N–H and O–H groups in total. The lowest BCUT2D eigenvalue weighted by molar-refractivity contribution is 0.340. The van der Waals surface area contributed by atoms with Gasteiger partial charge in [-0.3, -0.25) is 5.01 Å². The Morgan fingerprint density at radius 1 is 1.12 bits per heavy atom. The molecule has 0 aromatic heterocycles. The molecule has 4 nitrogen and oxygen atoms in total. The van der Waals surface area contributed by atoms with Crippen LogP contribution in [-0.2, 0) is 0 Å². The first kappa shape index (κ1) is 16.5. The number of benzene rings is 2. The Hall–Kier alpha value is -2.33. The summed E-state index contributed by atoms with van der Waals surface area (Å²) in [6.07, 6.45) is 0.859. The maximum absolute atomic E-state index is 5.85. The third-order valence-corrected chi connectivity index (χ3v) is 4.54. The zero-order chi connectivity index (χ0) is 17.1. The summed E-state index contributed by atoms with van der Waals surface area (Å²) in [5, 5.41) is 6.86. The van der Waals surface area contributed by atoms with Crippen molar-refractivity contribution < 1.29 is 4.74 Å². The molecule has 0 bridgehead atoms. The van der Waals surface area contributed by atoms with Crippen molar-refractivity contribution in [2.45, 2.75) is 33.2 Å². The van der Waals surface area contributed by atoms with E-state index < -0.39 is 0 Å². The standard InChI is InChI=1S/C20H25N3O/c1-4-24-19-9-6-16(7-10-19)20-12-17(13-21)22-23(20)18-8-5-14(2)15(3)11-18/h5-11,20H,4,12-13,21H2,1-3H3. The lowest BCUT2D eigenvalue weighted by Gasteiger charge is -2.25. The minimum absolute atomic E-state index is 0.182. The van der Waals surface area contributed by atoms with Gasteiger partial charge < -0.3 is 10.5 Å². The Kier molecular flexibility index (Phi) is 4.86. The van der Waals surface area contributed by atoms with Gasteiger partial charge in [0.05, 0.1) is 24.0 Å². The third-order valence-electron chi connectivity index (χ3n) is 4.54. The second kappa shape index (κ2) is 7.05.